The Labute approximate surface area is 199 Å². The number of carbonyl (C=O) groups is 1. The van der Waals surface area contributed by atoms with E-state index in [1.54, 1.807) is 52.8 Å². The first kappa shape index (κ1) is 23.4. The van der Waals surface area contributed by atoms with Crippen molar-refractivity contribution in [1.82, 2.24) is 9.21 Å². The minimum absolute atomic E-state index is 0.188. The third kappa shape index (κ3) is 5.45. The summed E-state index contributed by atoms with van der Waals surface area (Å²) in [5.74, 6) is -0.188. The minimum Gasteiger partial charge on any atom is -0.322 e. The Morgan fingerprint density at radius 1 is 0.909 bits per heavy atom. The van der Waals surface area contributed by atoms with Gasteiger partial charge >= 0.3 is 0 Å². The van der Waals surface area contributed by atoms with Crippen molar-refractivity contribution in [3.8, 4) is 0 Å². The summed E-state index contributed by atoms with van der Waals surface area (Å²) < 4.78 is 27.1. The van der Waals surface area contributed by atoms with Crippen molar-refractivity contribution in [3.63, 3.8) is 0 Å². The number of benzene rings is 3. The second-order valence-electron chi connectivity index (χ2n) is 8.06. The van der Waals surface area contributed by atoms with Gasteiger partial charge in [0.25, 0.3) is 5.91 Å². The molecular weight excluding hydrogens is 458 g/mol. The Hall–Kier alpha value is -2.71. The molecule has 0 radical (unpaired) electrons. The second-order valence-corrected chi connectivity index (χ2v) is 10.4. The smallest absolute Gasteiger partial charge is 0.255 e. The average molecular weight is 484 g/mol. The molecule has 4 rings (SSSR count). The van der Waals surface area contributed by atoms with Crippen LogP contribution in [0.2, 0.25) is 5.02 Å². The number of nitrogens with zero attached hydrogens (tertiary/aromatic N) is 2. The van der Waals surface area contributed by atoms with Crippen LogP contribution in [0.5, 0.6) is 0 Å². The standard InChI is InChI=1S/C25H26ClN3O3S/c1-19-23(26)8-5-9-24(19)27-25(30)21-12-10-20(11-13-21)18-28-14-16-29(17-15-28)33(31,32)22-6-3-2-4-7-22/h2-13H,14-18H2,1H3,(H,27,30). The van der Waals surface area contributed by atoms with Gasteiger partial charge in [-0.25, -0.2) is 8.42 Å². The first-order valence-corrected chi connectivity index (χ1v) is 12.6. The Bertz CT molecular complexity index is 1220. The zero-order valence-electron chi connectivity index (χ0n) is 18.4. The summed E-state index contributed by atoms with van der Waals surface area (Å²) in [7, 11) is -3.45. The summed E-state index contributed by atoms with van der Waals surface area (Å²) in [6.07, 6.45) is 0. The molecule has 0 aromatic heterocycles. The molecule has 6 nitrogen and oxygen atoms in total. The molecule has 1 fully saturated rings. The van der Waals surface area contributed by atoms with E-state index in [0.717, 1.165) is 11.1 Å². The van der Waals surface area contributed by atoms with E-state index in [4.69, 9.17) is 11.6 Å². The first-order chi connectivity index (χ1) is 15.8. The zero-order chi connectivity index (χ0) is 23.4. The van der Waals surface area contributed by atoms with Gasteiger partial charge in [0.15, 0.2) is 0 Å². The SMILES string of the molecule is Cc1c(Cl)cccc1NC(=O)c1ccc(CN2CCN(S(=O)(=O)c3ccccc3)CC2)cc1. The molecule has 1 aliphatic rings. The van der Waals surface area contributed by atoms with Gasteiger partial charge in [-0.2, -0.15) is 4.31 Å². The summed E-state index contributed by atoms with van der Waals surface area (Å²) >= 11 is 6.13. The summed E-state index contributed by atoms with van der Waals surface area (Å²) in [5, 5.41) is 3.52. The van der Waals surface area contributed by atoms with Crippen molar-refractivity contribution in [2.45, 2.75) is 18.4 Å². The van der Waals surface area contributed by atoms with Gasteiger partial charge in [-0.05, 0) is 54.4 Å². The van der Waals surface area contributed by atoms with Crippen molar-refractivity contribution >= 4 is 33.2 Å². The topological polar surface area (TPSA) is 69.7 Å². The molecule has 1 aliphatic heterocycles. The third-order valence-corrected chi connectivity index (χ3v) is 8.17. The monoisotopic (exact) mass is 483 g/mol. The summed E-state index contributed by atoms with van der Waals surface area (Å²) in [4.78, 5) is 15.2. The van der Waals surface area contributed by atoms with E-state index < -0.39 is 10.0 Å². The molecule has 0 saturated carbocycles. The van der Waals surface area contributed by atoms with Crippen LogP contribution in [-0.4, -0.2) is 49.7 Å². The number of hydrogen-bond donors (Lipinski definition) is 1. The highest BCUT2D eigenvalue weighted by Crippen LogP contribution is 2.24. The maximum atomic E-state index is 12.8. The predicted molar refractivity (Wildman–Crippen MR) is 131 cm³/mol. The number of amides is 1. The van der Waals surface area contributed by atoms with E-state index in [2.05, 4.69) is 10.2 Å². The van der Waals surface area contributed by atoms with Crippen molar-refractivity contribution in [3.05, 3.63) is 94.5 Å². The molecule has 3 aromatic rings. The molecule has 1 amide bonds. The van der Waals surface area contributed by atoms with Gasteiger partial charge in [-0.1, -0.05) is 48.0 Å². The average Bonchev–Trinajstić information content (AvgIpc) is 2.83. The van der Waals surface area contributed by atoms with E-state index in [1.165, 1.54) is 0 Å². The Morgan fingerprint density at radius 3 is 2.24 bits per heavy atom. The van der Waals surface area contributed by atoms with Crippen LogP contribution < -0.4 is 5.32 Å². The number of anilines is 1. The Morgan fingerprint density at radius 2 is 1.58 bits per heavy atom. The van der Waals surface area contributed by atoms with Crippen LogP contribution in [0.15, 0.2) is 77.7 Å². The molecule has 0 atom stereocenters. The van der Waals surface area contributed by atoms with Crippen LogP contribution in [0.25, 0.3) is 0 Å². The zero-order valence-corrected chi connectivity index (χ0v) is 19.9. The summed E-state index contributed by atoms with van der Waals surface area (Å²) in [6, 6.07) is 21.5. The van der Waals surface area contributed by atoms with Crippen molar-refractivity contribution in [1.29, 1.82) is 0 Å². The summed E-state index contributed by atoms with van der Waals surface area (Å²) in [6.45, 7) is 4.79. The number of hydrogen-bond acceptors (Lipinski definition) is 4. The van der Waals surface area contributed by atoms with E-state index in [9.17, 15) is 13.2 Å². The molecule has 3 aromatic carbocycles. The molecule has 0 bridgehead atoms. The van der Waals surface area contributed by atoms with Crippen molar-refractivity contribution in [2.24, 2.45) is 0 Å². The maximum absolute atomic E-state index is 12.8. The Kier molecular flexibility index (Phi) is 7.14. The van der Waals surface area contributed by atoms with Crippen LogP contribution in [0.1, 0.15) is 21.5 Å². The van der Waals surface area contributed by atoms with E-state index >= 15 is 0 Å². The largest absolute Gasteiger partial charge is 0.322 e. The number of halogens is 1. The molecule has 0 spiro atoms. The lowest BCUT2D eigenvalue weighted by molar-refractivity contribution is 0.102. The molecule has 172 valence electrons. The van der Waals surface area contributed by atoms with Gasteiger partial charge in [0.2, 0.25) is 10.0 Å². The third-order valence-electron chi connectivity index (χ3n) is 5.85. The molecule has 1 heterocycles. The number of carbonyl (C=O) groups excluding carboxylic acids is 1. The fraction of sp³-hybridized carbons (Fsp3) is 0.240. The lowest BCUT2D eigenvalue weighted by Gasteiger charge is -2.34. The van der Waals surface area contributed by atoms with Crippen LogP contribution in [-0.2, 0) is 16.6 Å². The number of rotatable bonds is 6. The van der Waals surface area contributed by atoms with Gasteiger partial charge < -0.3 is 5.32 Å². The van der Waals surface area contributed by atoms with Crippen LogP contribution in [0, 0.1) is 6.92 Å². The molecule has 0 aliphatic carbocycles. The second kappa shape index (κ2) is 10.1. The quantitative estimate of drug-likeness (QED) is 0.564. The van der Waals surface area contributed by atoms with Gasteiger partial charge in [-0.15, -0.1) is 0 Å². The summed E-state index contributed by atoms with van der Waals surface area (Å²) in [5.41, 5.74) is 3.17. The van der Waals surface area contributed by atoms with E-state index in [-0.39, 0.29) is 5.91 Å². The van der Waals surface area contributed by atoms with Gasteiger partial charge in [0, 0.05) is 49.0 Å². The lowest BCUT2D eigenvalue weighted by atomic mass is 10.1. The van der Waals surface area contributed by atoms with Gasteiger partial charge in [0.05, 0.1) is 4.90 Å². The van der Waals surface area contributed by atoms with Gasteiger partial charge in [-0.3, -0.25) is 9.69 Å². The van der Waals surface area contributed by atoms with Crippen molar-refractivity contribution < 1.29 is 13.2 Å². The van der Waals surface area contributed by atoms with E-state index in [1.807, 2.05) is 31.2 Å². The normalized spacial score (nSPS) is 15.3. The van der Waals surface area contributed by atoms with Crippen molar-refractivity contribution in [2.75, 3.05) is 31.5 Å². The fourth-order valence-corrected chi connectivity index (χ4v) is 5.44. The fourth-order valence-electron chi connectivity index (χ4n) is 3.83. The number of nitrogens with one attached hydrogen (secondary N) is 1. The molecule has 1 saturated heterocycles. The molecule has 8 heteroatoms. The highest BCUT2D eigenvalue weighted by atomic mass is 35.5. The molecule has 33 heavy (non-hydrogen) atoms. The van der Waals surface area contributed by atoms with E-state index in [0.29, 0.717) is 53.9 Å². The lowest BCUT2D eigenvalue weighted by Crippen LogP contribution is -2.48. The van der Waals surface area contributed by atoms with Crippen LogP contribution >= 0.6 is 11.6 Å². The highest BCUT2D eigenvalue weighted by Gasteiger charge is 2.28. The molecule has 1 N–H and O–H groups in total. The predicted octanol–water partition coefficient (Wildman–Crippen LogP) is 4.41. The maximum Gasteiger partial charge on any atom is 0.255 e. The minimum atomic E-state index is -3.45. The molecular formula is C25H26ClN3O3S. The van der Waals surface area contributed by atoms with Gasteiger partial charge in [0.1, 0.15) is 0 Å². The number of piperazine rings is 1. The molecule has 0 unspecified atom stereocenters. The highest BCUT2D eigenvalue weighted by molar-refractivity contribution is 7.89. The Balaban J connectivity index is 1.33. The first-order valence-electron chi connectivity index (χ1n) is 10.8. The number of sulfonamides is 1. The van der Waals surface area contributed by atoms with Crippen LogP contribution in [0.4, 0.5) is 5.69 Å². The van der Waals surface area contributed by atoms with Crippen LogP contribution in [0.3, 0.4) is 0 Å².